The van der Waals surface area contributed by atoms with E-state index in [1.54, 1.807) is 10.8 Å². The summed E-state index contributed by atoms with van der Waals surface area (Å²) >= 11 is 8.51. The van der Waals surface area contributed by atoms with Crippen LogP contribution in [0.15, 0.2) is 27.4 Å². The number of hydrogen-bond acceptors (Lipinski definition) is 8. The van der Waals surface area contributed by atoms with Crippen molar-refractivity contribution in [2.75, 3.05) is 12.4 Å². The molecular weight excluding hydrogens is 373 g/mol. The second-order valence-corrected chi connectivity index (χ2v) is 13.2. The first-order valence-corrected chi connectivity index (χ1v) is 12.3. The SMILES string of the molecule is CCCSP(=S)(OCC)ON=C1n2ccc(=O)nc2SC1(C)C. The summed E-state index contributed by atoms with van der Waals surface area (Å²) in [7, 11) is 0. The lowest BCUT2D eigenvalue weighted by atomic mass is 10.2. The van der Waals surface area contributed by atoms with Crippen molar-refractivity contribution >= 4 is 46.5 Å². The van der Waals surface area contributed by atoms with Gasteiger partial charge in [-0.25, -0.2) is 0 Å². The Hall–Kier alpha value is -0.340. The zero-order valence-electron chi connectivity index (χ0n) is 13.5. The van der Waals surface area contributed by atoms with E-state index in [9.17, 15) is 4.79 Å². The summed E-state index contributed by atoms with van der Waals surface area (Å²) in [5, 5.41) is 4.91. The highest BCUT2D eigenvalue weighted by atomic mass is 32.9. The fourth-order valence-corrected chi connectivity index (χ4v) is 7.09. The van der Waals surface area contributed by atoms with Crippen molar-refractivity contribution in [2.45, 2.75) is 44.0 Å². The van der Waals surface area contributed by atoms with Crippen LogP contribution in [0.5, 0.6) is 0 Å². The third-order valence-corrected chi connectivity index (χ3v) is 9.26. The molecule has 10 heteroatoms. The Balaban J connectivity index is 2.30. The monoisotopic (exact) mass is 393 g/mol. The van der Waals surface area contributed by atoms with E-state index in [-0.39, 0.29) is 10.3 Å². The van der Waals surface area contributed by atoms with E-state index in [4.69, 9.17) is 21.0 Å². The van der Waals surface area contributed by atoms with Gasteiger partial charge in [0.05, 0.1) is 11.4 Å². The first-order valence-electron chi connectivity index (χ1n) is 7.27. The van der Waals surface area contributed by atoms with Crippen LogP contribution in [0.25, 0.3) is 0 Å². The maximum atomic E-state index is 11.4. The quantitative estimate of drug-likeness (QED) is 0.397. The van der Waals surface area contributed by atoms with Crippen LogP contribution in [0, 0.1) is 0 Å². The molecule has 0 spiro atoms. The second-order valence-electron chi connectivity index (χ2n) is 5.23. The molecule has 128 valence electrons. The van der Waals surface area contributed by atoms with E-state index in [1.807, 2.05) is 20.8 Å². The zero-order chi connectivity index (χ0) is 17.1. The first-order chi connectivity index (χ1) is 10.8. The zero-order valence-corrected chi connectivity index (χ0v) is 16.9. The molecule has 1 aromatic heterocycles. The molecule has 1 aromatic rings. The van der Waals surface area contributed by atoms with E-state index < -0.39 is 5.69 Å². The van der Waals surface area contributed by atoms with Crippen LogP contribution in [-0.4, -0.2) is 32.5 Å². The largest absolute Gasteiger partial charge is 0.328 e. The number of oxime groups is 1. The van der Waals surface area contributed by atoms with Crippen molar-refractivity contribution in [2.24, 2.45) is 5.16 Å². The van der Waals surface area contributed by atoms with E-state index in [0.717, 1.165) is 12.2 Å². The third kappa shape index (κ3) is 4.60. The molecule has 0 aromatic carbocycles. The predicted octanol–water partition coefficient (Wildman–Crippen LogP) is 3.71. The molecular formula is C13H20N3O3PS3. The van der Waals surface area contributed by atoms with Crippen LogP contribution in [0.3, 0.4) is 0 Å². The number of thioether (sulfide) groups is 1. The second kappa shape index (κ2) is 7.70. The molecule has 0 fully saturated rings. The Morgan fingerprint density at radius 2 is 2.26 bits per heavy atom. The Kier molecular flexibility index (Phi) is 6.35. The van der Waals surface area contributed by atoms with Gasteiger partial charge in [-0.1, -0.05) is 35.2 Å². The van der Waals surface area contributed by atoms with Crippen LogP contribution in [0.1, 0.15) is 34.1 Å². The van der Waals surface area contributed by atoms with Crippen molar-refractivity contribution in [3.8, 4) is 0 Å². The van der Waals surface area contributed by atoms with Gasteiger partial charge in [0.15, 0.2) is 11.0 Å². The molecule has 0 saturated heterocycles. The van der Waals surface area contributed by atoms with Crippen LogP contribution in [0.4, 0.5) is 0 Å². The summed E-state index contributed by atoms with van der Waals surface area (Å²) in [4.78, 5) is 15.4. The smallest absolute Gasteiger partial charge is 0.322 e. The standard InChI is InChI=1S/C13H20N3O3PS3/c1-5-9-22-20(21,18-6-2)19-15-11-13(3,4)23-12-14-10(17)7-8-16(11)12/h7-8H,5-6,9H2,1-4H3. The fraction of sp³-hybridized carbons (Fsp3) is 0.615. The summed E-state index contributed by atoms with van der Waals surface area (Å²) in [5.41, 5.74) is -2.77. The summed E-state index contributed by atoms with van der Waals surface area (Å²) in [6, 6.07) is 1.41. The maximum absolute atomic E-state index is 11.4. The van der Waals surface area contributed by atoms with Gasteiger partial charge < -0.3 is 9.15 Å². The summed E-state index contributed by atoms with van der Waals surface area (Å²) in [6.45, 7) is 8.47. The Morgan fingerprint density at radius 1 is 1.52 bits per heavy atom. The lowest BCUT2D eigenvalue weighted by Gasteiger charge is -2.20. The number of rotatable bonds is 7. The minimum Gasteiger partial charge on any atom is -0.328 e. The Bertz CT molecular complexity index is 705. The molecule has 1 unspecified atom stereocenters. The summed E-state index contributed by atoms with van der Waals surface area (Å²) in [5.74, 6) is 1.53. The van der Waals surface area contributed by atoms with E-state index in [0.29, 0.717) is 17.6 Å². The topological polar surface area (TPSA) is 65.7 Å². The highest BCUT2D eigenvalue weighted by Crippen LogP contribution is 2.61. The lowest BCUT2D eigenvalue weighted by molar-refractivity contribution is 0.278. The molecule has 2 heterocycles. The Morgan fingerprint density at radius 3 is 2.91 bits per heavy atom. The van der Waals surface area contributed by atoms with Gasteiger partial charge in [0.1, 0.15) is 0 Å². The maximum Gasteiger partial charge on any atom is 0.322 e. The molecule has 23 heavy (non-hydrogen) atoms. The number of fused-ring (bicyclic) bond motifs is 1. The average Bonchev–Trinajstić information content (AvgIpc) is 2.72. The summed E-state index contributed by atoms with van der Waals surface area (Å²) in [6.07, 6.45) is 2.66. The first kappa shape index (κ1) is 19.0. The van der Waals surface area contributed by atoms with Crippen LogP contribution >= 0.6 is 28.8 Å². The fourth-order valence-electron chi connectivity index (χ4n) is 1.87. The van der Waals surface area contributed by atoms with Crippen molar-refractivity contribution < 1.29 is 9.15 Å². The van der Waals surface area contributed by atoms with Gasteiger partial charge in [0.25, 0.3) is 5.56 Å². The van der Waals surface area contributed by atoms with Gasteiger partial charge in [-0.15, -0.1) is 0 Å². The average molecular weight is 393 g/mol. The van der Waals surface area contributed by atoms with E-state index >= 15 is 0 Å². The molecule has 0 N–H and O–H groups in total. The Labute approximate surface area is 149 Å². The number of aromatic nitrogens is 2. The highest BCUT2D eigenvalue weighted by molar-refractivity contribution is 8.67. The van der Waals surface area contributed by atoms with Crippen LogP contribution < -0.4 is 5.56 Å². The molecule has 0 saturated carbocycles. The predicted molar refractivity (Wildman–Crippen MR) is 101 cm³/mol. The molecule has 1 aliphatic heterocycles. The van der Waals surface area contributed by atoms with Crippen molar-refractivity contribution in [1.29, 1.82) is 0 Å². The van der Waals surface area contributed by atoms with Crippen LogP contribution in [-0.2, 0) is 21.0 Å². The normalized spacial score (nSPS) is 20.3. The molecule has 0 bridgehead atoms. The lowest BCUT2D eigenvalue weighted by Crippen LogP contribution is -2.28. The minimum absolute atomic E-state index is 0.264. The van der Waals surface area contributed by atoms with E-state index in [2.05, 4.69) is 17.1 Å². The van der Waals surface area contributed by atoms with Gasteiger partial charge >= 0.3 is 5.69 Å². The third-order valence-electron chi connectivity index (χ3n) is 2.86. The van der Waals surface area contributed by atoms with Gasteiger partial charge in [-0.3, -0.25) is 9.36 Å². The molecule has 1 aliphatic rings. The number of nitrogens with zero attached hydrogens (tertiary/aromatic N) is 3. The van der Waals surface area contributed by atoms with Crippen molar-refractivity contribution in [1.82, 2.24) is 9.55 Å². The van der Waals surface area contributed by atoms with Gasteiger partial charge in [-0.05, 0) is 39.0 Å². The molecule has 1 atom stereocenters. The van der Waals surface area contributed by atoms with Crippen molar-refractivity contribution in [3.63, 3.8) is 0 Å². The molecule has 0 radical (unpaired) electrons. The van der Waals surface area contributed by atoms with Gasteiger partial charge in [0.2, 0.25) is 0 Å². The van der Waals surface area contributed by atoms with Gasteiger partial charge in [-0.2, -0.15) is 4.98 Å². The summed E-state index contributed by atoms with van der Waals surface area (Å²) < 4.78 is 12.7. The minimum atomic E-state index is -2.51. The van der Waals surface area contributed by atoms with E-state index in [1.165, 1.54) is 29.2 Å². The molecule has 0 amide bonds. The van der Waals surface area contributed by atoms with Crippen molar-refractivity contribution in [3.05, 3.63) is 22.6 Å². The van der Waals surface area contributed by atoms with Crippen LogP contribution in [0.2, 0.25) is 0 Å². The molecule has 0 aliphatic carbocycles. The highest BCUT2D eigenvalue weighted by Gasteiger charge is 2.38. The molecule has 6 nitrogen and oxygen atoms in total. The van der Waals surface area contributed by atoms with Gasteiger partial charge in [0, 0.05) is 18.0 Å². The number of hydrogen-bond donors (Lipinski definition) is 0. The molecule has 2 rings (SSSR count).